The Labute approximate surface area is 168 Å². The summed E-state index contributed by atoms with van der Waals surface area (Å²) in [7, 11) is 0. The summed E-state index contributed by atoms with van der Waals surface area (Å²) < 4.78 is 38.0. The van der Waals surface area contributed by atoms with Gasteiger partial charge in [0.05, 0.1) is 11.7 Å². The molecule has 0 unspecified atom stereocenters. The third-order valence-electron chi connectivity index (χ3n) is 5.41. The van der Waals surface area contributed by atoms with Gasteiger partial charge in [-0.1, -0.05) is 35.9 Å². The van der Waals surface area contributed by atoms with Gasteiger partial charge in [0.1, 0.15) is 0 Å². The molecule has 28 heavy (non-hydrogen) atoms. The van der Waals surface area contributed by atoms with E-state index in [2.05, 4.69) is 4.90 Å². The fourth-order valence-corrected chi connectivity index (χ4v) is 3.94. The van der Waals surface area contributed by atoms with Gasteiger partial charge in [0.15, 0.2) is 0 Å². The molecule has 0 aliphatic carbocycles. The van der Waals surface area contributed by atoms with Crippen LogP contribution in [0.2, 0.25) is 5.02 Å². The van der Waals surface area contributed by atoms with Crippen LogP contribution in [0.4, 0.5) is 13.2 Å². The molecule has 1 aliphatic rings. The molecule has 1 N–H and O–H groups in total. The number of halogens is 4. The predicted molar refractivity (Wildman–Crippen MR) is 105 cm³/mol. The molecule has 0 radical (unpaired) electrons. The number of aliphatic hydroxyl groups excluding tert-OH is 1. The van der Waals surface area contributed by atoms with Gasteiger partial charge in [0.25, 0.3) is 0 Å². The minimum Gasteiger partial charge on any atom is -0.387 e. The second-order valence-electron chi connectivity index (χ2n) is 7.57. The van der Waals surface area contributed by atoms with Crippen LogP contribution in [0, 0.1) is 5.92 Å². The second kappa shape index (κ2) is 9.29. The van der Waals surface area contributed by atoms with E-state index in [0.717, 1.165) is 62.0 Å². The average molecular weight is 412 g/mol. The van der Waals surface area contributed by atoms with Crippen molar-refractivity contribution in [2.24, 2.45) is 5.92 Å². The lowest BCUT2D eigenvalue weighted by Crippen LogP contribution is -2.38. The van der Waals surface area contributed by atoms with Crippen molar-refractivity contribution in [1.29, 1.82) is 0 Å². The van der Waals surface area contributed by atoms with Crippen LogP contribution >= 0.6 is 11.6 Å². The highest BCUT2D eigenvalue weighted by molar-refractivity contribution is 6.30. The first-order valence-electron chi connectivity index (χ1n) is 9.63. The van der Waals surface area contributed by atoms with Gasteiger partial charge in [-0.05, 0) is 73.5 Å². The number of β-amino-alcohol motifs (C(OH)–C–C–N with tert-alkyl or cyclic N) is 1. The van der Waals surface area contributed by atoms with Gasteiger partial charge in [-0.3, -0.25) is 0 Å². The van der Waals surface area contributed by atoms with Gasteiger partial charge in [0.2, 0.25) is 0 Å². The summed E-state index contributed by atoms with van der Waals surface area (Å²) in [4.78, 5) is 2.28. The molecular weight excluding hydrogens is 387 g/mol. The van der Waals surface area contributed by atoms with Crippen LogP contribution in [0.5, 0.6) is 0 Å². The quantitative estimate of drug-likeness (QED) is 0.655. The summed E-state index contributed by atoms with van der Waals surface area (Å²) in [5.41, 5.74) is 1.19. The molecule has 2 aromatic carbocycles. The molecule has 0 spiro atoms. The molecule has 2 aromatic rings. The Kier molecular flexibility index (Phi) is 7.02. The molecule has 2 nitrogen and oxygen atoms in total. The molecule has 0 saturated carbocycles. The van der Waals surface area contributed by atoms with E-state index in [4.69, 9.17) is 11.6 Å². The van der Waals surface area contributed by atoms with Crippen LogP contribution < -0.4 is 0 Å². The zero-order valence-corrected chi connectivity index (χ0v) is 16.4. The highest BCUT2D eigenvalue weighted by Gasteiger charge is 2.30. The smallest absolute Gasteiger partial charge is 0.387 e. The lowest BCUT2D eigenvalue weighted by atomic mass is 9.91. The van der Waals surface area contributed by atoms with Crippen molar-refractivity contribution < 1.29 is 18.3 Å². The van der Waals surface area contributed by atoms with Crippen molar-refractivity contribution in [3.8, 4) is 0 Å². The number of alkyl halides is 3. The van der Waals surface area contributed by atoms with E-state index < -0.39 is 17.8 Å². The van der Waals surface area contributed by atoms with Crippen molar-refractivity contribution in [2.45, 2.75) is 38.0 Å². The Morgan fingerprint density at radius 2 is 1.75 bits per heavy atom. The summed E-state index contributed by atoms with van der Waals surface area (Å²) in [6.07, 6.45) is -0.923. The SMILES string of the molecule is O[C@H](CN1CCC[C@H](CCc2ccc(C(F)(F)F)cc2)C1)c1ccc(Cl)cc1. The molecule has 2 atom stereocenters. The van der Waals surface area contributed by atoms with E-state index in [-0.39, 0.29) is 0 Å². The molecule has 1 fully saturated rings. The monoisotopic (exact) mass is 411 g/mol. The highest BCUT2D eigenvalue weighted by atomic mass is 35.5. The first kappa shape index (κ1) is 21.2. The first-order valence-corrected chi connectivity index (χ1v) is 10.0. The van der Waals surface area contributed by atoms with Crippen LogP contribution in [0.25, 0.3) is 0 Å². The van der Waals surface area contributed by atoms with Crippen LogP contribution in [0.15, 0.2) is 48.5 Å². The standard InChI is InChI=1S/C22H25ClF3NO/c23-20-11-7-18(8-12-20)21(28)15-27-13-1-2-17(14-27)4-3-16-5-9-19(10-6-16)22(24,25)26/h5-12,17,21,28H,1-4,13-15H2/t17-,21-/m1/s1. The number of aryl methyl sites for hydroxylation is 1. The summed E-state index contributed by atoms with van der Waals surface area (Å²) in [6.45, 7) is 2.45. The minimum atomic E-state index is -4.28. The van der Waals surface area contributed by atoms with Gasteiger partial charge in [-0.25, -0.2) is 0 Å². The number of likely N-dealkylation sites (tertiary alicyclic amines) is 1. The summed E-state index contributed by atoms with van der Waals surface area (Å²) in [5.74, 6) is 0.494. The number of aliphatic hydroxyl groups is 1. The number of piperidine rings is 1. The molecule has 152 valence electrons. The third kappa shape index (κ3) is 5.97. The number of rotatable bonds is 6. The molecule has 1 saturated heterocycles. The van der Waals surface area contributed by atoms with Gasteiger partial charge in [-0.2, -0.15) is 13.2 Å². The minimum absolute atomic E-state index is 0.494. The maximum Gasteiger partial charge on any atom is 0.416 e. The Bertz CT molecular complexity index is 746. The van der Waals surface area contributed by atoms with Gasteiger partial charge in [0, 0.05) is 18.1 Å². The van der Waals surface area contributed by atoms with E-state index >= 15 is 0 Å². The lowest BCUT2D eigenvalue weighted by molar-refractivity contribution is -0.137. The molecule has 1 heterocycles. The Balaban J connectivity index is 1.48. The zero-order valence-electron chi connectivity index (χ0n) is 15.6. The fraction of sp³-hybridized carbons (Fsp3) is 0.455. The van der Waals surface area contributed by atoms with Crippen LogP contribution in [0.3, 0.4) is 0 Å². The molecule has 0 bridgehead atoms. The Morgan fingerprint density at radius 1 is 1.07 bits per heavy atom. The Hall–Kier alpha value is -1.56. The van der Waals surface area contributed by atoms with Crippen molar-refractivity contribution in [2.75, 3.05) is 19.6 Å². The maximum atomic E-state index is 12.7. The van der Waals surface area contributed by atoms with Crippen LogP contribution in [-0.4, -0.2) is 29.6 Å². The van der Waals surface area contributed by atoms with E-state index in [1.165, 1.54) is 0 Å². The maximum absolute atomic E-state index is 12.7. The van der Waals surface area contributed by atoms with Crippen LogP contribution in [-0.2, 0) is 12.6 Å². The summed E-state index contributed by atoms with van der Waals surface area (Å²) in [6, 6.07) is 12.7. The topological polar surface area (TPSA) is 23.5 Å². The molecular formula is C22H25ClF3NO. The number of hydrogen-bond donors (Lipinski definition) is 1. The number of hydrogen-bond acceptors (Lipinski definition) is 2. The highest BCUT2D eigenvalue weighted by Crippen LogP contribution is 2.30. The summed E-state index contributed by atoms with van der Waals surface area (Å²) in [5, 5.41) is 11.1. The lowest BCUT2D eigenvalue weighted by Gasteiger charge is -2.34. The van der Waals surface area contributed by atoms with E-state index in [1.807, 2.05) is 12.1 Å². The number of nitrogens with zero attached hydrogens (tertiary/aromatic N) is 1. The second-order valence-corrected chi connectivity index (χ2v) is 8.00. The van der Waals surface area contributed by atoms with Gasteiger partial charge >= 0.3 is 6.18 Å². The molecule has 0 amide bonds. The van der Waals surface area contributed by atoms with Crippen LogP contribution in [0.1, 0.15) is 42.1 Å². The van der Waals surface area contributed by atoms with Crippen molar-refractivity contribution in [3.63, 3.8) is 0 Å². The van der Waals surface area contributed by atoms with E-state index in [9.17, 15) is 18.3 Å². The van der Waals surface area contributed by atoms with Crippen molar-refractivity contribution in [3.05, 3.63) is 70.2 Å². The van der Waals surface area contributed by atoms with E-state index in [0.29, 0.717) is 17.5 Å². The van der Waals surface area contributed by atoms with Gasteiger partial charge < -0.3 is 10.0 Å². The zero-order chi connectivity index (χ0) is 20.1. The predicted octanol–water partition coefficient (Wildman–Crippen LogP) is 5.74. The largest absolute Gasteiger partial charge is 0.416 e. The normalized spacial score (nSPS) is 19.5. The Morgan fingerprint density at radius 3 is 2.39 bits per heavy atom. The van der Waals surface area contributed by atoms with Crippen molar-refractivity contribution >= 4 is 11.6 Å². The van der Waals surface area contributed by atoms with E-state index in [1.54, 1.807) is 24.3 Å². The van der Waals surface area contributed by atoms with Crippen molar-refractivity contribution in [1.82, 2.24) is 4.90 Å². The number of benzene rings is 2. The summed E-state index contributed by atoms with van der Waals surface area (Å²) >= 11 is 5.90. The van der Waals surface area contributed by atoms with Gasteiger partial charge in [-0.15, -0.1) is 0 Å². The average Bonchev–Trinajstić information content (AvgIpc) is 2.67. The first-order chi connectivity index (χ1) is 13.3. The molecule has 3 rings (SSSR count). The fourth-order valence-electron chi connectivity index (χ4n) is 3.82. The molecule has 6 heteroatoms. The third-order valence-corrected chi connectivity index (χ3v) is 5.66. The molecule has 0 aromatic heterocycles. The molecule has 1 aliphatic heterocycles.